The maximum Gasteiger partial charge on any atom is 0.327 e. The summed E-state index contributed by atoms with van der Waals surface area (Å²) in [5.74, 6) is -8.08. The lowest BCUT2D eigenvalue weighted by atomic mass is 9.83. The van der Waals surface area contributed by atoms with Gasteiger partial charge < -0.3 is 57.3 Å². The van der Waals surface area contributed by atoms with Gasteiger partial charge >= 0.3 is 11.9 Å². The number of fused-ring (bicyclic) bond motifs is 1. The number of carboxylic acid groups (broad SMARTS) is 2. The van der Waals surface area contributed by atoms with Crippen molar-refractivity contribution in [1.82, 2.24) is 35.9 Å². The van der Waals surface area contributed by atoms with Crippen LogP contribution in [-0.2, 0) is 35.3 Å². The van der Waals surface area contributed by atoms with E-state index < -0.39 is 109 Å². The predicted molar refractivity (Wildman–Crippen MR) is 187 cm³/mol. The van der Waals surface area contributed by atoms with Crippen LogP contribution in [-0.4, -0.2) is 130 Å². The van der Waals surface area contributed by atoms with Gasteiger partial charge in [-0.15, -0.1) is 0 Å². The number of nitrogens with one attached hydrogen (secondary N) is 5. The lowest BCUT2D eigenvalue weighted by Gasteiger charge is -2.40. The molecule has 54 heavy (non-hydrogen) atoms. The maximum atomic E-state index is 12.9. The number of amides is 3. The van der Waals surface area contributed by atoms with Crippen LogP contribution in [0.3, 0.4) is 0 Å². The van der Waals surface area contributed by atoms with Gasteiger partial charge in [-0.1, -0.05) is 0 Å². The fourth-order valence-electron chi connectivity index (χ4n) is 5.26. The number of H-pyrrole nitrogens is 1. The van der Waals surface area contributed by atoms with Gasteiger partial charge in [0.2, 0.25) is 11.9 Å². The number of hydrogen-bond acceptors (Lipinski definition) is 17. The topological polar surface area (TPSA) is 358 Å². The fourth-order valence-corrected chi connectivity index (χ4v) is 5.51. The Morgan fingerprint density at radius 1 is 0.963 bits per heavy atom. The highest BCUT2D eigenvalue weighted by atomic mass is 32.1. The molecule has 290 valence electrons. The molecule has 1 aliphatic rings. The number of nitrogens with two attached hydrogens (primary N) is 1. The first kappa shape index (κ1) is 41.0. The van der Waals surface area contributed by atoms with Gasteiger partial charge in [0.1, 0.15) is 24.0 Å². The number of aliphatic hydroxyl groups excluding tert-OH is 3. The van der Waals surface area contributed by atoms with Crippen LogP contribution in [0, 0.1) is 5.92 Å². The standard InChI is InChI=1S/C31H37N9O13S/c32-31-39-24-20(26(46)40-31)36-14(9-34-24)8-33-13-3-1-12(2-4-13)25(45)38-17(28(48)49)6-5-15(41)7-16-21(43)23(53-30(52)22(16)44)27(47)35-10-19(42)37-18(11-54)29(50)51/h1-4,9,16-18,21-23,30,33,43-44,52,54H,5-8,10-11H2,(H,35,47)(H,37,42)(H,38,45)(H,48,49)(H,50,51)(H3,32,34,39,40,46)/t16?,17-,18-,21?,22?,23?,30?/m0/s1. The van der Waals surface area contributed by atoms with Crippen LogP contribution < -0.4 is 32.6 Å². The van der Waals surface area contributed by atoms with Gasteiger partial charge in [-0.25, -0.2) is 19.6 Å². The van der Waals surface area contributed by atoms with Crippen molar-refractivity contribution in [2.45, 2.75) is 62.5 Å². The lowest BCUT2D eigenvalue weighted by molar-refractivity contribution is -0.262. The van der Waals surface area contributed by atoms with E-state index >= 15 is 0 Å². The van der Waals surface area contributed by atoms with Crippen LogP contribution in [0.4, 0.5) is 11.6 Å². The summed E-state index contributed by atoms with van der Waals surface area (Å²) in [5.41, 5.74) is 6.08. The molecule has 0 bridgehead atoms. The number of nitrogens with zero attached hydrogens (tertiary/aromatic N) is 3. The molecule has 0 spiro atoms. The fraction of sp³-hybridized carbons (Fsp3) is 0.419. The molecule has 1 aromatic carbocycles. The highest BCUT2D eigenvalue weighted by molar-refractivity contribution is 7.80. The first-order valence-electron chi connectivity index (χ1n) is 16.1. The molecule has 1 saturated heterocycles. The van der Waals surface area contributed by atoms with E-state index in [2.05, 4.69) is 53.8 Å². The number of carbonyl (C=O) groups is 6. The molecular weight excluding hydrogens is 738 g/mol. The van der Waals surface area contributed by atoms with E-state index in [1.807, 2.05) is 0 Å². The largest absolute Gasteiger partial charge is 0.480 e. The number of ether oxygens (including phenoxy) is 1. The van der Waals surface area contributed by atoms with E-state index in [0.717, 1.165) is 0 Å². The number of aliphatic hydroxyl groups is 3. The van der Waals surface area contributed by atoms with E-state index in [1.54, 1.807) is 0 Å². The van der Waals surface area contributed by atoms with Crippen LogP contribution >= 0.6 is 12.6 Å². The van der Waals surface area contributed by atoms with Crippen molar-refractivity contribution in [1.29, 1.82) is 0 Å². The highest BCUT2D eigenvalue weighted by Crippen LogP contribution is 2.29. The average molecular weight is 776 g/mol. The Bertz CT molecular complexity index is 1950. The number of carbonyl (C=O) groups excluding carboxylic acids is 4. The third-order valence-corrected chi connectivity index (χ3v) is 8.51. The molecule has 3 heterocycles. The number of benzene rings is 1. The minimum atomic E-state index is -2.03. The number of aromatic amines is 1. The smallest absolute Gasteiger partial charge is 0.327 e. The first-order chi connectivity index (χ1) is 25.6. The second kappa shape index (κ2) is 18.3. The predicted octanol–water partition coefficient (Wildman–Crippen LogP) is -3.50. The summed E-state index contributed by atoms with van der Waals surface area (Å²) in [6.45, 7) is -0.593. The van der Waals surface area contributed by atoms with Crippen molar-refractivity contribution < 1.29 is 59.0 Å². The summed E-state index contributed by atoms with van der Waals surface area (Å²) in [6, 6.07) is 3.04. The molecule has 1 fully saturated rings. The molecule has 3 amide bonds. The Morgan fingerprint density at radius 3 is 2.30 bits per heavy atom. The number of Topliss-reactive ketones (excluding diaryl/α,β-unsaturated/α-hetero) is 1. The number of anilines is 2. The molecule has 22 nitrogen and oxygen atoms in total. The first-order valence-corrected chi connectivity index (χ1v) is 16.7. The minimum Gasteiger partial charge on any atom is -0.480 e. The number of thiol groups is 1. The van der Waals surface area contributed by atoms with E-state index in [4.69, 9.17) is 15.6 Å². The maximum absolute atomic E-state index is 12.9. The summed E-state index contributed by atoms with van der Waals surface area (Å²) in [7, 11) is 0. The minimum absolute atomic E-state index is 0.00111. The normalized spacial score (nSPS) is 20.6. The zero-order chi connectivity index (χ0) is 39.7. The quantitative estimate of drug-likeness (QED) is 0.0592. The number of aromatic nitrogens is 4. The molecule has 0 radical (unpaired) electrons. The number of hydrogen-bond donors (Lipinski definition) is 12. The Kier molecular flexibility index (Phi) is 13.9. The SMILES string of the molecule is Nc1nc2ncc(CNc3ccc(C(=O)N[C@@H](CCC(=O)CC4C(O)C(O)OC(C(=O)NCC(=O)N[C@@H](CS)C(=O)O)C4O)C(=O)O)cc3)nc2c(=O)[nH]1. The van der Waals surface area contributed by atoms with E-state index in [1.165, 1.54) is 30.5 Å². The van der Waals surface area contributed by atoms with Crippen LogP contribution in [0.25, 0.3) is 11.2 Å². The van der Waals surface area contributed by atoms with Gasteiger partial charge in [0.15, 0.2) is 23.6 Å². The monoisotopic (exact) mass is 775 g/mol. The van der Waals surface area contributed by atoms with E-state index in [0.29, 0.717) is 11.4 Å². The molecule has 7 atom stereocenters. The zero-order valence-electron chi connectivity index (χ0n) is 28.0. The van der Waals surface area contributed by atoms with Gasteiger partial charge in [-0.3, -0.25) is 29.0 Å². The van der Waals surface area contributed by atoms with Crippen LogP contribution in [0.15, 0.2) is 35.3 Å². The number of nitrogen functional groups attached to an aromatic ring is 1. The molecule has 4 rings (SSSR count). The van der Waals surface area contributed by atoms with Crippen molar-refractivity contribution >= 4 is 70.9 Å². The van der Waals surface area contributed by atoms with Gasteiger partial charge in [0, 0.05) is 35.8 Å². The molecule has 23 heteroatoms. The van der Waals surface area contributed by atoms with Gasteiger partial charge in [0.05, 0.1) is 31.1 Å². The molecule has 0 saturated carbocycles. The zero-order valence-corrected chi connectivity index (χ0v) is 28.9. The third-order valence-electron chi connectivity index (χ3n) is 8.15. The van der Waals surface area contributed by atoms with E-state index in [-0.39, 0.29) is 35.0 Å². The Labute approximate surface area is 309 Å². The molecule has 2 aromatic heterocycles. The second-order valence-corrected chi connectivity index (χ2v) is 12.4. The summed E-state index contributed by atoms with van der Waals surface area (Å²) in [4.78, 5) is 100. The summed E-state index contributed by atoms with van der Waals surface area (Å²) >= 11 is 3.81. The van der Waals surface area contributed by atoms with Gasteiger partial charge in [-0.2, -0.15) is 17.6 Å². The lowest BCUT2D eigenvalue weighted by Crippen LogP contribution is -2.59. The Morgan fingerprint density at radius 2 is 1.65 bits per heavy atom. The van der Waals surface area contributed by atoms with Crippen molar-refractivity contribution in [2.75, 3.05) is 23.3 Å². The van der Waals surface area contributed by atoms with Crippen LogP contribution in [0.1, 0.15) is 35.3 Å². The molecule has 12 N–H and O–H groups in total. The summed E-state index contributed by atoms with van der Waals surface area (Å²) < 4.78 is 4.98. The molecule has 0 aliphatic carbocycles. The summed E-state index contributed by atoms with van der Waals surface area (Å²) in [5, 5.41) is 59.6. The molecular formula is C31H37N9O13S. The highest BCUT2D eigenvalue weighted by Gasteiger charge is 2.47. The third kappa shape index (κ3) is 10.7. The average Bonchev–Trinajstić information content (AvgIpc) is 3.13. The molecule has 3 aromatic rings. The second-order valence-electron chi connectivity index (χ2n) is 12.0. The van der Waals surface area contributed by atoms with Crippen LogP contribution in [0.2, 0.25) is 0 Å². The van der Waals surface area contributed by atoms with Crippen molar-refractivity contribution in [3.63, 3.8) is 0 Å². The van der Waals surface area contributed by atoms with Gasteiger partial charge in [0.25, 0.3) is 17.4 Å². The van der Waals surface area contributed by atoms with Crippen molar-refractivity contribution in [2.24, 2.45) is 5.92 Å². The summed E-state index contributed by atoms with van der Waals surface area (Å²) in [6.07, 6.45) is -7.64. The Balaban J connectivity index is 1.28. The number of ketones is 1. The van der Waals surface area contributed by atoms with Crippen molar-refractivity contribution in [3.8, 4) is 0 Å². The van der Waals surface area contributed by atoms with E-state index in [9.17, 15) is 54.0 Å². The number of rotatable bonds is 17. The van der Waals surface area contributed by atoms with Crippen LogP contribution in [0.5, 0.6) is 0 Å². The Hall–Kier alpha value is -5.75. The van der Waals surface area contributed by atoms with Crippen molar-refractivity contribution in [3.05, 3.63) is 52.1 Å². The molecule has 5 unspecified atom stereocenters. The van der Waals surface area contributed by atoms with Gasteiger partial charge in [-0.05, 0) is 30.7 Å². The number of aliphatic carboxylic acids is 2. The molecule has 1 aliphatic heterocycles. The number of carboxylic acids is 2.